The quantitative estimate of drug-likeness (QED) is 0.769. The Hall–Kier alpha value is -1.37. The molecule has 2 rings (SSSR count). The number of carboxylic acid groups (broad SMARTS) is 1. The number of benzene rings is 1. The van der Waals surface area contributed by atoms with E-state index in [0.29, 0.717) is 6.61 Å². The maximum Gasteiger partial charge on any atom is 0.330 e. The van der Waals surface area contributed by atoms with Gasteiger partial charge in [-0.2, -0.15) is 0 Å². The topological polar surface area (TPSA) is 75.6 Å². The first-order valence-corrected chi connectivity index (χ1v) is 8.14. The molecular formula is C16H18Cl2FNO4. The Labute approximate surface area is 149 Å². The zero-order chi connectivity index (χ0) is 18.3. The highest BCUT2D eigenvalue weighted by Gasteiger charge is 2.66. The number of ether oxygens (including phenoxy) is 1. The summed E-state index contributed by atoms with van der Waals surface area (Å²) in [5.41, 5.74) is -2.54. The molecule has 1 amide bonds. The molecule has 0 aliphatic heterocycles. The lowest BCUT2D eigenvalue weighted by atomic mass is 9.54. The average molecular weight is 378 g/mol. The van der Waals surface area contributed by atoms with Gasteiger partial charge in [-0.15, -0.1) is 0 Å². The first kappa shape index (κ1) is 19.0. The molecule has 0 saturated heterocycles. The molecule has 2 atom stereocenters. The van der Waals surface area contributed by atoms with Crippen LogP contribution in [0.25, 0.3) is 0 Å². The first-order valence-electron chi connectivity index (χ1n) is 7.39. The Bertz CT molecular complexity index is 695. The normalized spacial score (nSPS) is 25.0. The number of hydrogen-bond donors (Lipinski definition) is 2. The van der Waals surface area contributed by atoms with E-state index in [1.165, 1.54) is 0 Å². The summed E-state index contributed by atoms with van der Waals surface area (Å²) >= 11 is 11.5. The highest BCUT2D eigenvalue weighted by molar-refractivity contribution is 6.36. The van der Waals surface area contributed by atoms with E-state index in [2.05, 4.69) is 5.32 Å². The highest BCUT2D eigenvalue weighted by atomic mass is 35.5. The van der Waals surface area contributed by atoms with Crippen LogP contribution in [0.3, 0.4) is 0 Å². The fourth-order valence-corrected chi connectivity index (χ4v) is 3.46. The molecule has 1 fully saturated rings. The number of carboxylic acids is 1. The smallest absolute Gasteiger partial charge is 0.330 e. The Kier molecular flexibility index (Phi) is 5.14. The number of hydrogen-bond acceptors (Lipinski definition) is 3. The zero-order valence-corrected chi connectivity index (χ0v) is 15.0. The van der Waals surface area contributed by atoms with Crippen LogP contribution in [0.5, 0.6) is 0 Å². The number of amides is 1. The number of nitrogens with one attached hydrogen (secondary N) is 1. The van der Waals surface area contributed by atoms with Crippen LogP contribution in [-0.2, 0) is 9.53 Å². The highest BCUT2D eigenvalue weighted by Crippen LogP contribution is 2.51. The maximum absolute atomic E-state index is 13.6. The number of rotatable bonds is 5. The summed E-state index contributed by atoms with van der Waals surface area (Å²) in [4.78, 5) is 24.3. The van der Waals surface area contributed by atoms with Crippen molar-refractivity contribution in [3.63, 3.8) is 0 Å². The van der Waals surface area contributed by atoms with Crippen molar-refractivity contribution in [2.45, 2.75) is 38.8 Å². The van der Waals surface area contributed by atoms with Crippen molar-refractivity contribution < 1.29 is 23.8 Å². The largest absolute Gasteiger partial charge is 0.479 e. The molecule has 132 valence electrons. The van der Waals surface area contributed by atoms with Gasteiger partial charge in [0, 0.05) is 18.4 Å². The van der Waals surface area contributed by atoms with Crippen LogP contribution >= 0.6 is 23.2 Å². The molecule has 1 aromatic rings. The molecule has 1 aromatic carbocycles. The minimum atomic E-state index is -1.52. The number of halogens is 3. The van der Waals surface area contributed by atoms with Crippen LogP contribution in [0.4, 0.5) is 4.39 Å². The Morgan fingerprint density at radius 1 is 1.38 bits per heavy atom. The fraction of sp³-hybridized carbons (Fsp3) is 0.500. The van der Waals surface area contributed by atoms with Crippen LogP contribution in [0, 0.1) is 11.2 Å². The fourth-order valence-electron chi connectivity index (χ4n) is 2.99. The van der Waals surface area contributed by atoms with Gasteiger partial charge in [-0.25, -0.2) is 9.18 Å². The van der Waals surface area contributed by atoms with E-state index in [4.69, 9.17) is 27.9 Å². The van der Waals surface area contributed by atoms with Crippen LogP contribution in [0.15, 0.2) is 12.1 Å². The molecule has 2 N–H and O–H groups in total. The van der Waals surface area contributed by atoms with Crippen LogP contribution < -0.4 is 5.32 Å². The molecule has 1 saturated carbocycles. The molecule has 0 bridgehead atoms. The number of carbonyl (C=O) groups is 2. The van der Waals surface area contributed by atoms with Gasteiger partial charge in [-0.3, -0.25) is 4.79 Å². The predicted octanol–water partition coefficient (Wildman–Crippen LogP) is 3.52. The van der Waals surface area contributed by atoms with Crippen molar-refractivity contribution in [1.29, 1.82) is 0 Å². The molecule has 8 heteroatoms. The monoisotopic (exact) mass is 377 g/mol. The zero-order valence-electron chi connectivity index (χ0n) is 13.5. The second-order valence-electron chi connectivity index (χ2n) is 6.28. The molecule has 5 nitrogen and oxygen atoms in total. The third kappa shape index (κ3) is 2.87. The van der Waals surface area contributed by atoms with E-state index in [0.717, 1.165) is 12.1 Å². The third-order valence-corrected chi connectivity index (χ3v) is 5.31. The second kappa shape index (κ2) is 6.50. The van der Waals surface area contributed by atoms with Gasteiger partial charge in [0.15, 0.2) is 0 Å². The second-order valence-corrected chi connectivity index (χ2v) is 7.09. The van der Waals surface area contributed by atoms with Gasteiger partial charge in [0.25, 0.3) is 5.91 Å². The van der Waals surface area contributed by atoms with E-state index in [9.17, 15) is 19.1 Å². The summed E-state index contributed by atoms with van der Waals surface area (Å²) in [7, 11) is 0. The van der Waals surface area contributed by atoms with E-state index in [1.54, 1.807) is 13.8 Å². The predicted molar refractivity (Wildman–Crippen MR) is 88.1 cm³/mol. The Morgan fingerprint density at radius 2 is 2.00 bits per heavy atom. The van der Waals surface area contributed by atoms with Crippen LogP contribution in [0.2, 0.25) is 10.0 Å². The van der Waals surface area contributed by atoms with Gasteiger partial charge < -0.3 is 15.2 Å². The summed E-state index contributed by atoms with van der Waals surface area (Å²) in [6.45, 7) is 5.65. The lowest BCUT2D eigenvalue weighted by molar-refractivity contribution is -0.190. The molecule has 2 unspecified atom stereocenters. The summed E-state index contributed by atoms with van der Waals surface area (Å²) < 4.78 is 19.1. The summed E-state index contributed by atoms with van der Waals surface area (Å²) in [6.07, 6.45) is -0.195. The van der Waals surface area contributed by atoms with Crippen molar-refractivity contribution in [2.24, 2.45) is 5.41 Å². The van der Waals surface area contributed by atoms with Gasteiger partial charge in [-0.1, -0.05) is 37.0 Å². The Morgan fingerprint density at radius 3 is 2.50 bits per heavy atom. The first-order chi connectivity index (χ1) is 11.1. The molecule has 0 radical (unpaired) electrons. The average Bonchev–Trinajstić information content (AvgIpc) is 2.49. The minimum Gasteiger partial charge on any atom is -0.479 e. The van der Waals surface area contributed by atoms with Gasteiger partial charge in [-0.05, 0) is 19.1 Å². The molecule has 24 heavy (non-hydrogen) atoms. The SMILES string of the molecule is CCOC1CC(NC(=O)c2cc(F)c(Cl)cc2Cl)(C(=O)O)C1(C)C. The van der Waals surface area contributed by atoms with E-state index in [-0.39, 0.29) is 28.1 Å². The van der Waals surface area contributed by atoms with E-state index >= 15 is 0 Å². The molecule has 0 aromatic heterocycles. The van der Waals surface area contributed by atoms with E-state index < -0.39 is 28.6 Å². The van der Waals surface area contributed by atoms with Gasteiger partial charge in [0.05, 0.1) is 21.7 Å². The van der Waals surface area contributed by atoms with Crippen molar-refractivity contribution in [2.75, 3.05) is 6.61 Å². The van der Waals surface area contributed by atoms with Crippen LogP contribution in [-0.4, -0.2) is 35.2 Å². The van der Waals surface area contributed by atoms with Gasteiger partial charge >= 0.3 is 5.97 Å². The number of carbonyl (C=O) groups excluding carboxylic acids is 1. The summed E-state index contributed by atoms with van der Waals surface area (Å²) in [5, 5.41) is 11.9. The van der Waals surface area contributed by atoms with Crippen LogP contribution in [0.1, 0.15) is 37.6 Å². The standard InChI is InChI=1S/C16H18Cl2FNO4/c1-4-24-12-7-16(14(22)23,15(12,2)3)20-13(21)8-5-11(19)10(18)6-9(8)17/h5-6,12H,4,7H2,1-3H3,(H,20,21)(H,22,23). The molecule has 0 spiro atoms. The van der Waals surface area contributed by atoms with E-state index in [1.807, 2.05) is 6.92 Å². The lowest BCUT2D eigenvalue weighted by Gasteiger charge is -2.58. The van der Waals surface area contributed by atoms with Gasteiger partial charge in [0.2, 0.25) is 0 Å². The molecule has 0 heterocycles. The third-order valence-electron chi connectivity index (χ3n) is 4.71. The molecule has 1 aliphatic rings. The van der Waals surface area contributed by atoms with Crippen molar-refractivity contribution in [1.82, 2.24) is 5.32 Å². The Balaban J connectivity index is 2.32. The van der Waals surface area contributed by atoms with Crippen molar-refractivity contribution in [3.8, 4) is 0 Å². The van der Waals surface area contributed by atoms with Gasteiger partial charge in [0.1, 0.15) is 11.4 Å². The lowest BCUT2D eigenvalue weighted by Crippen LogP contribution is -2.76. The summed E-state index contributed by atoms with van der Waals surface area (Å²) in [5.74, 6) is -2.76. The molecule has 1 aliphatic carbocycles. The van der Waals surface area contributed by atoms with Crippen molar-refractivity contribution in [3.05, 3.63) is 33.6 Å². The van der Waals surface area contributed by atoms with Crippen molar-refractivity contribution >= 4 is 35.1 Å². The minimum absolute atomic E-state index is 0.0575. The molecular weight excluding hydrogens is 360 g/mol. The maximum atomic E-state index is 13.6. The summed E-state index contributed by atoms with van der Waals surface area (Å²) in [6, 6.07) is 2.00. The number of aliphatic carboxylic acids is 1.